The number of halogens is 3. The van der Waals surface area contributed by atoms with E-state index in [9.17, 15) is 4.39 Å². The van der Waals surface area contributed by atoms with E-state index in [1.807, 2.05) is 12.1 Å². The van der Waals surface area contributed by atoms with Crippen LogP contribution in [-0.2, 0) is 6.42 Å². The number of alkyl halides is 2. The molecule has 0 fully saturated rings. The van der Waals surface area contributed by atoms with Crippen LogP contribution in [0.4, 0.5) is 4.39 Å². The topological polar surface area (TPSA) is 9.23 Å². The molecule has 0 aliphatic carbocycles. The van der Waals surface area contributed by atoms with Crippen LogP contribution in [0.15, 0.2) is 22.7 Å². The van der Waals surface area contributed by atoms with Crippen LogP contribution in [0.3, 0.4) is 0 Å². The largest absolute Gasteiger partial charge is 0.463 e. The monoisotopic (exact) mass is 280 g/mol. The van der Waals surface area contributed by atoms with Crippen molar-refractivity contribution in [3.63, 3.8) is 0 Å². The first-order chi connectivity index (χ1) is 6.77. The quantitative estimate of drug-likeness (QED) is 0.743. The molecule has 0 radical (unpaired) electrons. The van der Waals surface area contributed by atoms with Crippen LogP contribution in [0.25, 0.3) is 0 Å². The van der Waals surface area contributed by atoms with Crippen LogP contribution in [-0.4, -0.2) is 12.7 Å². The lowest BCUT2D eigenvalue weighted by Gasteiger charge is -2.08. The van der Waals surface area contributed by atoms with Crippen LogP contribution in [0, 0.1) is 0 Å². The molecule has 1 aromatic rings. The molecule has 0 amide bonds. The predicted octanol–water partition coefficient (Wildman–Crippen LogP) is 3.93. The van der Waals surface area contributed by atoms with E-state index in [4.69, 9.17) is 16.3 Å². The van der Waals surface area contributed by atoms with E-state index in [2.05, 4.69) is 15.9 Å². The van der Waals surface area contributed by atoms with Gasteiger partial charge in [0.15, 0.2) is 0 Å². The van der Waals surface area contributed by atoms with Crippen molar-refractivity contribution in [2.24, 2.45) is 0 Å². The summed E-state index contributed by atoms with van der Waals surface area (Å²) in [5, 5.41) is 0. The van der Waals surface area contributed by atoms with Crippen molar-refractivity contribution in [3.05, 3.63) is 28.2 Å². The van der Waals surface area contributed by atoms with Crippen LogP contribution in [0.1, 0.15) is 12.0 Å². The first kappa shape index (κ1) is 11.8. The Morgan fingerprint density at radius 2 is 2.21 bits per heavy atom. The van der Waals surface area contributed by atoms with E-state index >= 15 is 0 Å². The second-order valence-electron chi connectivity index (χ2n) is 2.80. The van der Waals surface area contributed by atoms with Gasteiger partial charge in [-0.15, -0.1) is 11.6 Å². The van der Waals surface area contributed by atoms with Crippen LogP contribution in [0.2, 0.25) is 0 Å². The fourth-order valence-electron chi connectivity index (χ4n) is 1.19. The molecule has 14 heavy (non-hydrogen) atoms. The smallest absolute Gasteiger partial charge is 0.228 e. The van der Waals surface area contributed by atoms with Crippen LogP contribution >= 0.6 is 27.5 Å². The summed E-state index contributed by atoms with van der Waals surface area (Å²) in [6, 6.07) is 5.60. The molecule has 1 nitrogen and oxygen atoms in total. The first-order valence-electron chi connectivity index (χ1n) is 4.31. The zero-order chi connectivity index (χ0) is 10.4. The average molecular weight is 282 g/mol. The third-order valence-electron chi connectivity index (χ3n) is 1.82. The zero-order valence-electron chi connectivity index (χ0n) is 7.60. The van der Waals surface area contributed by atoms with Crippen molar-refractivity contribution in [1.82, 2.24) is 0 Å². The summed E-state index contributed by atoms with van der Waals surface area (Å²) < 4.78 is 17.8. The molecule has 4 heteroatoms. The summed E-state index contributed by atoms with van der Waals surface area (Å²) in [6.45, 7) is -0.801. The second kappa shape index (κ2) is 6.25. The van der Waals surface area contributed by atoms with Gasteiger partial charge in [0.25, 0.3) is 0 Å². The lowest BCUT2D eigenvalue weighted by Crippen LogP contribution is -1.96. The Labute approximate surface area is 96.3 Å². The molecule has 0 bridgehead atoms. The Morgan fingerprint density at radius 3 is 2.86 bits per heavy atom. The van der Waals surface area contributed by atoms with E-state index in [0.717, 1.165) is 22.9 Å². The summed E-state index contributed by atoms with van der Waals surface area (Å²) >= 11 is 8.89. The number of benzene rings is 1. The lowest BCUT2D eigenvalue weighted by molar-refractivity contribution is 0.190. The molecular weight excluding hydrogens is 270 g/mol. The minimum absolute atomic E-state index is 0.590. The van der Waals surface area contributed by atoms with E-state index in [-0.39, 0.29) is 0 Å². The van der Waals surface area contributed by atoms with Crippen molar-refractivity contribution >= 4 is 27.5 Å². The standard InChI is InChI=1S/C10H11BrClFO/c11-9-4-3-8(2-1-5-12)10(6-9)14-7-13/h3-4,6H,1-2,5,7H2. The number of aryl methyl sites for hydroxylation is 1. The second-order valence-corrected chi connectivity index (χ2v) is 4.09. The van der Waals surface area contributed by atoms with Crippen molar-refractivity contribution in [2.75, 3.05) is 12.7 Å². The highest BCUT2D eigenvalue weighted by molar-refractivity contribution is 9.10. The van der Waals surface area contributed by atoms with Crippen LogP contribution in [0.5, 0.6) is 5.75 Å². The summed E-state index contributed by atoms with van der Waals surface area (Å²) in [4.78, 5) is 0. The van der Waals surface area contributed by atoms with Gasteiger partial charge in [0.1, 0.15) is 5.75 Å². The maximum Gasteiger partial charge on any atom is 0.228 e. The molecule has 0 spiro atoms. The summed E-state index contributed by atoms with van der Waals surface area (Å²) in [5.41, 5.74) is 0.992. The predicted molar refractivity (Wildman–Crippen MR) is 59.8 cm³/mol. The van der Waals surface area contributed by atoms with Crippen molar-refractivity contribution in [1.29, 1.82) is 0 Å². The number of ether oxygens (including phenoxy) is 1. The number of rotatable bonds is 5. The van der Waals surface area contributed by atoms with Gasteiger partial charge in [0.2, 0.25) is 6.86 Å². The minimum Gasteiger partial charge on any atom is -0.463 e. The Bertz CT molecular complexity index is 293. The fourth-order valence-corrected chi connectivity index (χ4v) is 1.66. The average Bonchev–Trinajstić information content (AvgIpc) is 2.17. The van der Waals surface area contributed by atoms with Gasteiger partial charge in [0, 0.05) is 10.4 Å². The highest BCUT2D eigenvalue weighted by Gasteiger charge is 2.04. The van der Waals surface area contributed by atoms with Gasteiger partial charge in [-0.25, -0.2) is 4.39 Å². The molecule has 0 atom stereocenters. The van der Waals surface area contributed by atoms with Gasteiger partial charge < -0.3 is 4.74 Å². The normalized spacial score (nSPS) is 10.2. The highest BCUT2D eigenvalue weighted by atomic mass is 79.9. The molecule has 0 heterocycles. The lowest BCUT2D eigenvalue weighted by atomic mass is 10.1. The van der Waals surface area contributed by atoms with Crippen LogP contribution < -0.4 is 4.74 Å². The minimum atomic E-state index is -0.801. The van der Waals surface area contributed by atoms with Crippen molar-refractivity contribution in [2.45, 2.75) is 12.8 Å². The molecule has 78 valence electrons. The Morgan fingerprint density at radius 1 is 1.43 bits per heavy atom. The zero-order valence-corrected chi connectivity index (χ0v) is 9.94. The fraction of sp³-hybridized carbons (Fsp3) is 0.400. The van der Waals surface area contributed by atoms with Gasteiger partial charge in [-0.3, -0.25) is 0 Å². The Balaban J connectivity index is 2.78. The van der Waals surface area contributed by atoms with Crippen molar-refractivity contribution in [3.8, 4) is 5.75 Å². The van der Waals surface area contributed by atoms with E-state index in [1.54, 1.807) is 6.07 Å². The SMILES string of the molecule is FCOc1cc(Br)ccc1CCCCl. The Hall–Kier alpha value is -0.280. The first-order valence-corrected chi connectivity index (χ1v) is 5.64. The van der Waals surface area contributed by atoms with Gasteiger partial charge in [-0.2, -0.15) is 0 Å². The van der Waals surface area contributed by atoms with Gasteiger partial charge >= 0.3 is 0 Å². The Kier molecular flexibility index (Phi) is 5.26. The third kappa shape index (κ3) is 3.46. The van der Waals surface area contributed by atoms with Crippen molar-refractivity contribution < 1.29 is 9.13 Å². The van der Waals surface area contributed by atoms with E-state index in [1.165, 1.54) is 0 Å². The molecule has 0 aliphatic heterocycles. The van der Waals surface area contributed by atoms with Gasteiger partial charge in [-0.05, 0) is 30.5 Å². The summed E-state index contributed by atoms with van der Waals surface area (Å²) in [6.07, 6.45) is 1.68. The molecule has 0 aromatic heterocycles. The van der Waals surface area contributed by atoms with Gasteiger partial charge in [-0.1, -0.05) is 22.0 Å². The molecule has 1 rings (SSSR count). The van der Waals surface area contributed by atoms with E-state index < -0.39 is 6.86 Å². The maximum atomic E-state index is 12.0. The number of hydrogen-bond donors (Lipinski definition) is 0. The summed E-state index contributed by atoms with van der Waals surface area (Å²) in [7, 11) is 0. The van der Waals surface area contributed by atoms with Gasteiger partial charge in [0.05, 0.1) is 0 Å². The molecule has 0 saturated heterocycles. The molecule has 0 saturated carbocycles. The molecular formula is C10H11BrClFO. The maximum absolute atomic E-state index is 12.0. The molecule has 0 unspecified atom stereocenters. The molecule has 1 aromatic carbocycles. The molecule has 0 N–H and O–H groups in total. The third-order valence-corrected chi connectivity index (χ3v) is 2.58. The number of hydrogen-bond acceptors (Lipinski definition) is 1. The summed E-state index contributed by atoms with van der Waals surface area (Å²) in [5.74, 6) is 1.19. The highest BCUT2D eigenvalue weighted by Crippen LogP contribution is 2.25. The van der Waals surface area contributed by atoms with E-state index in [0.29, 0.717) is 11.6 Å². The molecule has 0 aliphatic rings.